The van der Waals surface area contributed by atoms with Crippen LogP contribution in [0, 0.1) is 0 Å². The second-order valence-electron chi connectivity index (χ2n) is 4.44. The smallest absolute Gasteiger partial charge is 0.254 e. The molecule has 0 unspecified atom stereocenters. The SMILES string of the molecule is COc1ccc(C(=O)N(C)Cc2ccc(Cl)s2)cc1OC. The first-order valence-corrected chi connectivity index (χ1v) is 7.46. The molecule has 4 nitrogen and oxygen atoms in total. The Hall–Kier alpha value is -1.72. The Morgan fingerprint density at radius 1 is 1.19 bits per heavy atom. The third-order valence-corrected chi connectivity index (χ3v) is 4.21. The van der Waals surface area contributed by atoms with Crippen molar-refractivity contribution in [1.82, 2.24) is 4.90 Å². The largest absolute Gasteiger partial charge is 0.493 e. The fourth-order valence-corrected chi connectivity index (χ4v) is 3.07. The van der Waals surface area contributed by atoms with E-state index in [1.807, 2.05) is 12.1 Å². The highest BCUT2D eigenvalue weighted by Gasteiger charge is 2.15. The van der Waals surface area contributed by atoms with E-state index in [9.17, 15) is 4.79 Å². The lowest BCUT2D eigenvalue weighted by atomic mass is 10.1. The van der Waals surface area contributed by atoms with Gasteiger partial charge in [-0.15, -0.1) is 11.3 Å². The van der Waals surface area contributed by atoms with Crippen molar-refractivity contribution in [2.45, 2.75) is 6.54 Å². The third kappa shape index (κ3) is 3.68. The van der Waals surface area contributed by atoms with E-state index in [1.165, 1.54) is 11.3 Å². The number of amides is 1. The van der Waals surface area contributed by atoms with Gasteiger partial charge in [-0.3, -0.25) is 4.79 Å². The van der Waals surface area contributed by atoms with Crippen LogP contribution < -0.4 is 9.47 Å². The van der Waals surface area contributed by atoms with E-state index in [4.69, 9.17) is 21.1 Å². The van der Waals surface area contributed by atoms with Crippen LogP contribution in [-0.4, -0.2) is 32.1 Å². The van der Waals surface area contributed by atoms with E-state index < -0.39 is 0 Å². The molecule has 1 aromatic carbocycles. The third-order valence-electron chi connectivity index (χ3n) is 3.00. The molecular weight excluding hydrogens is 310 g/mol. The van der Waals surface area contributed by atoms with Gasteiger partial charge in [-0.05, 0) is 30.3 Å². The van der Waals surface area contributed by atoms with Crippen LogP contribution in [0.1, 0.15) is 15.2 Å². The molecular formula is C15H16ClNO3S. The Balaban J connectivity index is 2.15. The molecule has 0 radical (unpaired) electrons. The van der Waals surface area contributed by atoms with Crippen LogP contribution in [0.2, 0.25) is 4.34 Å². The molecule has 0 bridgehead atoms. The van der Waals surface area contributed by atoms with E-state index in [1.54, 1.807) is 44.4 Å². The molecule has 1 heterocycles. The van der Waals surface area contributed by atoms with Crippen molar-refractivity contribution in [3.05, 3.63) is 45.1 Å². The van der Waals surface area contributed by atoms with Crippen LogP contribution in [0.25, 0.3) is 0 Å². The van der Waals surface area contributed by atoms with E-state index in [2.05, 4.69) is 0 Å². The van der Waals surface area contributed by atoms with Gasteiger partial charge in [0.15, 0.2) is 11.5 Å². The topological polar surface area (TPSA) is 38.8 Å². The van der Waals surface area contributed by atoms with Gasteiger partial charge in [-0.2, -0.15) is 0 Å². The molecule has 6 heteroatoms. The molecule has 0 atom stereocenters. The molecule has 112 valence electrons. The van der Waals surface area contributed by atoms with Crippen LogP contribution in [0.4, 0.5) is 0 Å². The number of nitrogens with zero attached hydrogens (tertiary/aromatic N) is 1. The fraction of sp³-hybridized carbons (Fsp3) is 0.267. The molecule has 0 aliphatic heterocycles. The lowest BCUT2D eigenvalue weighted by Crippen LogP contribution is -2.25. The fourth-order valence-electron chi connectivity index (χ4n) is 1.93. The minimum absolute atomic E-state index is 0.0829. The molecule has 0 aliphatic rings. The molecule has 0 fully saturated rings. The Morgan fingerprint density at radius 3 is 2.48 bits per heavy atom. The summed E-state index contributed by atoms with van der Waals surface area (Å²) < 4.78 is 11.1. The minimum atomic E-state index is -0.0829. The van der Waals surface area contributed by atoms with Gasteiger partial charge in [0.2, 0.25) is 0 Å². The molecule has 2 aromatic rings. The van der Waals surface area contributed by atoms with Crippen LogP contribution in [-0.2, 0) is 6.54 Å². The molecule has 0 saturated heterocycles. The highest BCUT2D eigenvalue weighted by Crippen LogP contribution is 2.28. The van der Waals surface area contributed by atoms with Gasteiger partial charge < -0.3 is 14.4 Å². The number of hydrogen-bond donors (Lipinski definition) is 0. The predicted octanol–water partition coefficient (Wildman–Crippen LogP) is 3.69. The minimum Gasteiger partial charge on any atom is -0.493 e. The predicted molar refractivity (Wildman–Crippen MR) is 84.7 cm³/mol. The summed E-state index contributed by atoms with van der Waals surface area (Å²) in [5, 5.41) is 0. The van der Waals surface area contributed by atoms with Crippen molar-refractivity contribution >= 4 is 28.8 Å². The lowest BCUT2D eigenvalue weighted by Gasteiger charge is -2.17. The molecule has 21 heavy (non-hydrogen) atoms. The van der Waals surface area contributed by atoms with Crippen molar-refractivity contribution in [2.75, 3.05) is 21.3 Å². The number of rotatable bonds is 5. The molecule has 1 amide bonds. The lowest BCUT2D eigenvalue weighted by molar-refractivity contribution is 0.0786. The number of ether oxygens (including phenoxy) is 2. The number of methoxy groups -OCH3 is 2. The number of hydrogen-bond acceptors (Lipinski definition) is 4. The van der Waals surface area contributed by atoms with Crippen molar-refractivity contribution in [2.24, 2.45) is 0 Å². The zero-order valence-corrected chi connectivity index (χ0v) is 13.6. The van der Waals surface area contributed by atoms with Gasteiger partial charge in [-0.1, -0.05) is 11.6 Å². The zero-order valence-electron chi connectivity index (χ0n) is 12.1. The van der Waals surface area contributed by atoms with Gasteiger partial charge in [-0.25, -0.2) is 0 Å². The van der Waals surface area contributed by atoms with Crippen molar-refractivity contribution < 1.29 is 14.3 Å². The Morgan fingerprint density at radius 2 is 1.90 bits per heavy atom. The van der Waals surface area contributed by atoms with Crippen molar-refractivity contribution in [3.8, 4) is 11.5 Å². The standard InChI is InChI=1S/C15H16ClNO3S/c1-17(9-11-5-7-14(16)21-11)15(18)10-4-6-12(19-2)13(8-10)20-3/h4-8H,9H2,1-3H3. The maximum Gasteiger partial charge on any atom is 0.254 e. The van der Waals surface area contributed by atoms with Gasteiger partial charge >= 0.3 is 0 Å². The summed E-state index contributed by atoms with van der Waals surface area (Å²) in [5.41, 5.74) is 0.554. The quantitative estimate of drug-likeness (QED) is 0.841. The maximum atomic E-state index is 12.4. The molecule has 0 saturated carbocycles. The molecule has 0 spiro atoms. The van der Waals surface area contributed by atoms with Crippen LogP contribution >= 0.6 is 22.9 Å². The average Bonchev–Trinajstić information content (AvgIpc) is 2.90. The first kappa shape index (κ1) is 15.7. The molecule has 0 N–H and O–H groups in total. The molecule has 2 rings (SSSR count). The highest BCUT2D eigenvalue weighted by molar-refractivity contribution is 7.16. The first-order valence-electron chi connectivity index (χ1n) is 6.27. The van der Waals surface area contributed by atoms with Gasteiger partial charge in [0, 0.05) is 17.5 Å². The molecule has 1 aromatic heterocycles. The summed E-state index contributed by atoms with van der Waals surface area (Å²) in [6.45, 7) is 0.518. The van der Waals surface area contributed by atoms with Crippen LogP contribution in [0.5, 0.6) is 11.5 Å². The summed E-state index contributed by atoms with van der Waals surface area (Å²) >= 11 is 7.37. The Labute approximate surface area is 132 Å². The van der Waals surface area contributed by atoms with Gasteiger partial charge in [0.25, 0.3) is 5.91 Å². The normalized spacial score (nSPS) is 10.3. The van der Waals surface area contributed by atoms with E-state index >= 15 is 0 Å². The summed E-state index contributed by atoms with van der Waals surface area (Å²) in [7, 11) is 4.86. The van der Waals surface area contributed by atoms with Gasteiger partial charge in [0.1, 0.15) is 0 Å². The summed E-state index contributed by atoms with van der Waals surface area (Å²) in [6, 6.07) is 8.88. The second kappa shape index (κ2) is 6.83. The number of benzene rings is 1. The van der Waals surface area contributed by atoms with E-state index in [-0.39, 0.29) is 5.91 Å². The zero-order chi connectivity index (χ0) is 15.4. The summed E-state index contributed by atoms with van der Waals surface area (Å²) in [6.07, 6.45) is 0. The van der Waals surface area contributed by atoms with Crippen LogP contribution in [0.3, 0.4) is 0 Å². The molecule has 0 aliphatic carbocycles. The summed E-state index contributed by atoms with van der Waals surface area (Å²) in [4.78, 5) is 15.1. The maximum absolute atomic E-state index is 12.4. The monoisotopic (exact) mass is 325 g/mol. The number of carbonyl (C=O) groups excluding carboxylic acids is 1. The second-order valence-corrected chi connectivity index (χ2v) is 6.24. The summed E-state index contributed by atoms with van der Waals surface area (Å²) in [5.74, 6) is 1.05. The van der Waals surface area contributed by atoms with E-state index in [0.29, 0.717) is 23.6 Å². The van der Waals surface area contributed by atoms with Crippen molar-refractivity contribution in [1.29, 1.82) is 0 Å². The Kier molecular flexibility index (Phi) is 5.09. The van der Waals surface area contributed by atoms with Crippen molar-refractivity contribution in [3.63, 3.8) is 0 Å². The number of carbonyl (C=O) groups is 1. The van der Waals surface area contributed by atoms with Crippen LogP contribution in [0.15, 0.2) is 30.3 Å². The van der Waals surface area contributed by atoms with Gasteiger partial charge in [0.05, 0.1) is 25.1 Å². The average molecular weight is 326 g/mol. The number of thiophene rings is 1. The van der Waals surface area contributed by atoms with E-state index in [0.717, 1.165) is 9.21 Å². The first-order chi connectivity index (χ1) is 10.0. The Bertz CT molecular complexity index is 642. The number of halogens is 1. The highest BCUT2D eigenvalue weighted by atomic mass is 35.5.